The van der Waals surface area contributed by atoms with Crippen LogP contribution in [0.25, 0.3) is 0 Å². The summed E-state index contributed by atoms with van der Waals surface area (Å²) in [6, 6.07) is 0. The number of guanidine groups is 1. The Morgan fingerprint density at radius 2 is 2.27 bits per heavy atom. The highest BCUT2D eigenvalue weighted by molar-refractivity contribution is 14.0. The largest absolute Gasteiger partial charge is 0.382 e. The van der Waals surface area contributed by atoms with E-state index in [0.29, 0.717) is 12.5 Å². The fourth-order valence-corrected chi connectivity index (χ4v) is 2.77. The number of nitrogens with zero attached hydrogens (tertiary/aromatic N) is 5. The van der Waals surface area contributed by atoms with E-state index in [-0.39, 0.29) is 24.0 Å². The molecule has 2 heterocycles. The number of nitrogens with one attached hydrogen (secondary N) is 1. The molecule has 0 bridgehead atoms. The molecule has 1 atom stereocenters. The molecule has 0 aliphatic carbocycles. The van der Waals surface area contributed by atoms with Gasteiger partial charge in [0, 0.05) is 52.9 Å². The van der Waals surface area contributed by atoms with Gasteiger partial charge >= 0.3 is 0 Å². The van der Waals surface area contributed by atoms with Gasteiger partial charge in [-0.15, -0.1) is 34.2 Å². The number of halogens is 1. The minimum Gasteiger partial charge on any atom is -0.382 e. The first-order chi connectivity index (χ1) is 12.1. The van der Waals surface area contributed by atoms with Crippen molar-refractivity contribution in [2.45, 2.75) is 33.2 Å². The Bertz CT molecular complexity index is 545. The maximum absolute atomic E-state index is 5.49. The Kier molecular flexibility index (Phi) is 11.1. The van der Waals surface area contributed by atoms with Gasteiger partial charge in [-0.2, -0.15) is 0 Å². The fraction of sp³-hybridized carbons (Fsp3) is 0.824. The summed E-state index contributed by atoms with van der Waals surface area (Å²) in [6.07, 6.45) is 2.07. The maximum atomic E-state index is 5.49. The molecule has 150 valence electrons. The van der Waals surface area contributed by atoms with Gasteiger partial charge in [0.05, 0.1) is 6.61 Å². The van der Waals surface area contributed by atoms with Crippen LogP contribution in [0.5, 0.6) is 0 Å². The molecule has 2 rings (SSSR count). The van der Waals surface area contributed by atoms with Crippen molar-refractivity contribution in [2.24, 2.45) is 18.0 Å². The van der Waals surface area contributed by atoms with Crippen LogP contribution in [0.4, 0.5) is 0 Å². The smallest absolute Gasteiger partial charge is 0.194 e. The summed E-state index contributed by atoms with van der Waals surface area (Å²) in [5.41, 5.74) is 0. The van der Waals surface area contributed by atoms with Crippen molar-refractivity contribution in [1.82, 2.24) is 25.0 Å². The van der Waals surface area contributed by atoms with Gasteiger partial charge in [-0.05, 0) is 26.7 Å². The van der Waals surface area contributed by atoms with E-state index in [1.807, 2.05) is 25.5 Å². The topological polar surface area (TPSA) is 76.8 Å². The predicted octanol–water partition coefficient (Wildman–Crippen LogP) is 1.58. The molecule has 0 amide bonds. The summed E-state index contributed by atoms with van der Waals surface area (Å²) < 4.78 is 12.9. The van der Waals surface area contributed by atoms with Crippen LogP contribution in [-0.4, -0.2) is 72.2 Å². The molecule has 1 aliphatic rings. The Hall–Kier alpha value is -0.940. The third-order valence-electron chi connectivity index (χ3n) is 4.42. The molecule has 0 spiro atoms. The standard InChI is InChI=1S/C17H32N6O2.HI/c1-5-24-9-6-8-18-17(22(3)12-15-7-10-25-13-15)19-11-16-21-20-14(2)23(16)4;/h15H,5-13H2,1-4H3,(H,18,19);1H. The average molecular weight is 480 g/mol. The van der Waals surface area contributed by atoms with Crippen LogP contribution in [0.1, 0.15) is 31.4 Å². The lowest BCUT2D eigenvalue weighted by molar-refractivity contribution is 0.145. The van der Waals surface area contributed by atoms with Crippen LogP contribution < -0.4 is 5.32 Å². The summed E-state index contributed by atoms with van der Waals surface area (Å²) in [6.45, 7) is 9.47. The molecule has 1 unspecified atom stereocenters. The zero-order valence-corrected chi connectivity index (χ0v) is 18.7. The highest BCUT2D eigenvalue weighted by Gasteiger charge is 2.19. The van der Waals surface area contributed by atoms with Gasteiger partial charge in [-0.3, -0.25) is 0 Å². The number of aromatic nitrogens is 3. The third-order valence-corrected chi connectivity index (χ3v) is 4.42. The van der Waals surface area contributed by atoms with Crippen LogP contribution >= 0.6 is 24.0 Å². The van der Waals surface area contributed by atoms with Gasteiger partial charge in [0.15, 0.2) is 11.8 Å². The van der Waals surface area contributed by atoms with Crippen LogP contribution in [-0.2, 0) is 23.1 Å². The van der Waals surface area contributed by atoms with Crippen molar-refractivity contribution in [3.05, 3.63) is 11.6 Å². The first-order valence-corrected chi connectivity index (χ1v) is 9.11. The summed E-state index contributed by atoms with van der Waals surface area (Å²) >= 11 is 0. The highest BCUT2D eigenvalue weighted by atomic mass is 127. The summed E-state index contributed by atoms with van der Waals surface area (Å²) in [4.78, 5) is 6.94. The first-order valence-electron chi connectivity index (χ1n) is 9.11. The second-order valence-electron chi connectivity index (χ2n) is 6.45. The molecule has 8 nitrogen and oxygen atoms in total. The second-order valence-corrected chi connectivity index (χ2v) is 6.45. The number of aryl methyl sites for hydroxylation is 1. The average Bonchev–Trinajstić information content (AvgIpc) is 3.22. The lowest BCUT2D eigenvalue weighted by Gasteiger charge is -2.25. The third kappa shape index (κ3) is 7.36. The first kappa shape index (κ1) is 23.1. The lowest BCUT2D eigenvalue weighted by atomic mass is 10.1. The van der Waals surface area contributed by atoms with Crippen molar-refractivity contribution in [2.75, 3.05) is 46.6 Å². The monoisotopic (exact) mass is 480 g/mol. The number of hydrogen-bond acceptors (Lipinski definition) is 5. The van der Waals surface area contributed by atoms with Gasteiger partial charge in [0.25, 0.3) is 0 Å². The van der Waals surface area contributed by atoms with E-state index in [2.05, 4.69) is 27.5 Å². The van der Waals surface area contributed by atoms with Crippen molar-refractivity contribution in [1.29, 1.82) is 0 Å². The van der Waals surface area contributed by atoms with Crippen LogP contribution in [0.15, 0.2) is 4.99 Å². The van der Waals surface area contributed by atoms with E-state index >= 15 is 0 Å². The van der Waals surface area contributed by atoms with E-state index in [1.165, 1.54) is 0 Å². The molecule has 9 heteroatoms. The lowest BCUT2D eigenvalue weighted by Crippen LogP contribution is -2.42. The Morgan fingerprint density at radius 3 is 2.88 bits per heavy atom. The van der Waals surface area contributed by atoms with Crippen molar-refractivity contribution in [3.8, 4) is 0 Å². The molecule has 1 fully saturated rings. The number of ether oxygens (including phenoxy) is 2. The number of rotatable bonds is 9. The molecule has 1 saturated heterocycles. The predicted molar refractivity (Wildman–Crippen MR) is 113 cm³/mol. The molecule has 1 N–H and O–H groups in total. The molecule has 1 aromatic rings. The van der Waals surface area contributed by atoms with Crippen LogP contribution in [0, 0.1) is 12.8 Å². The van der Waals surface area contributed by atoms with E-state index in [4.69, 9.17) is 14.5 Å². The van der Waals surface area contributed by atoms with Crippen LogP contribution in [0.2, 0.25) is 0 Å². The Labute approximate surface area is 173 Å². The van der Waals surface area contributed by atoms with Gasteiger partial charge in [-0.1, -0.05) is 0 Å². The maximum Gasteiger partial charge on any atom is 0.194 e. The Balaban J connectivity index is 0.00000338. The SMILES string of the molecule is CCOCCCNC(=NCc1nnc(C)n1C)N(C)CC1CCOC1.I. The normalized spacial score (nSPS) is 17.2. The molecule has 0 radical (unpaired) electrons. The second kappa shape index (κ2) is 12.4. The van der Waals surface area contributed by atoms with E-state index < -0.39 is 0 Å². The molecule has 0 saturated carbocycles. The molecule has 1 aliphatic heterocycles. The number of aliphatic imine (C=N–C) groups is 1. The van der Waals surface area contributed by atoms with Gasteiger partial charge < -0.3 is 24.3 Å². The van der Waals surface area contributed by atoms with Gasteiger partial charge in [0.1, 0.15) is 12.4 Å². The van der Waals surface area contributed by atoms with Gasteiger partial charge in [0.2, 0.25) is 0 Å². The molecular formula is C17H33IN6O2. The van der Waals surface area contributed by atoms with E-state index in [0.717, 1.165) is 70.0 Å². The van der Waals surface area contributed by atoms with E-state index in [9.17, 15) is 0 Å². The van der Waals surface area contributed by atoms with Gasteiger partial charge in [-0.25, -0.2) is 4.99 Å². The van der Waals surface area contributed by atoms with Crippen molar-refractivity contribution >= 4 is 29.9 Å². The molecular weight excluding hydrogens is 447 g/mol. The van der Waals surface area contributed by atoms with Crippen molar-refractivity contribution in [3.63, 3.8) is 0 Å². The Morgan fingerprint density at radius 1 is 1.46 bits per heavy atom. The highest BCUT2D eigenvalue weighted by Crippen LogP contribution is 2.13. The molecule has 26 heavy (non-hydrogen) atoms. The molecule has 0 aromatic carbocycles. The quantitative estimate of drug-likeness (QED) is 0.251. The minimum absolute atomic E-state index is 0. The zero-order chi connectivity index (χ0) is 18.1. The summed E-state index contributed by atoms with van der Waals surface area (Å²) in [5, 5.41) is 11.7. The van der Waals surface area contributed by atoms with Crippen molar-refractivity contribution < 1.29 is 9.47 Å². The number of hydrogen-bond donors (Lipinski definition) is 1. The zero-order valence-electron chi connectivity index (χ0n) is 16.4. The summed E-state index contributed by atoms with van der Waals surface area (Å²) in [5.74, 6) is 3.22. The minimum atomic E-state index is 0. The fourth-order valence-electron chi connectivity index (χ4n) is 2.77. The van der Waals surface area contributed by atoms with Crippen LogP contribution in [0.3, 0.4) is 0 Å². The van der Waals surface area contributed by atoms with E-state index in [1.54, 1.807) is 0 Å². The summed E-state index contributed by atoms with van der Waals surface area (Å²) in [7, 11) is 4.05. The molecule has 1 aromatic heterocycles.